The number of nitrogens with one attached hydrogen (secondary N) is 1. The third kappa shape index (κ3) is 3.81. The van der Waals surface area contributed by atoms with Gasteiger partial charge in [0.05, 0.1) is 11.0 Å². The number of ether oxygens (including phenoxy) is 2. The molecule has 8 nitrogen and oxygen atoms in total. The summed E-state index contributed by atoms with van der Waals surface area (Å²) >= 11 is 0. The number of rotatable bonds is 5. The van der Waals surface area contributed by atoms with E-state index in [9.17, 15) is 4.79 Å². The van der Waals surface area contributed by atoms with Crippen molar-refractivity contribution in [1.29, 1.82) is 0 Å². The molecule has 36 heavy (non-hydrogen) atoms. The van der Waals surface area contributed by atoms with Gasteiger partial charge in [-0.15, -0.1) is 0 Å². The second-order valence-corrected chi connectivity index (χ2v) is 8.76. The van der Waals surface area contributed by atoms with E-state index >= 15 is 0 Å². The summed E-state index contributed by atoms with van der Waals surface area (Å²) in [6.07, 6.45) is 0. The van der Waals surface area contributed by atoms with Crippen LogP contribution in [-0.4, -0.2) is 26.8 Å². The second kappa shape index (κ2) is 8.98. The van der Waals surface area contributed by atoms with Crippen molar-refractivity contribution in [3.05, 3.63) is 111 Å². The number of aromatic amines is 1. The zero-order valence-electron chi connectivity index (χ0n) is 19.9. The maximum atomic E-state index is 11.7. The lowest BCUT2D eigenvalue weighted by Crippen LogP contribution is -2.07. The molecule has 0 bridgehead atoms. The Morgan fingerprint density at radius 2 is 1.92 bits per heavy atom. The molecule has 0 atom stereocenters. The number of nitrogens with zero attached hydrogens (tertiary/aromatic N) is 3. The van der Waals surface area contributed by atoms with Gasteiger partial charge in [0, 0.05) is 24.8 Å². The average molecular weight is 481 g/mol. The highest BCUT2D eigenvalue weighted by atomic mass is 16.5. The normalized spacial score (nSPS) is 14.2. The molecule has 6 rings (SSSR count). The summed E-state index contributed by atoms with van der Waals surface area (Å²) in [6.45, 7) is 3.42. The molecule has 0 spiro atoms. The van der Waals surface area contributed by atoms with Crippen LogP contribution in [0.2, 0.25) is 0 Å². The Bertz CT molecular complexity index is 1670. The van der Waals surface area contributed by atoms with Gasteiger partial charge in [0.1, 0.15) is 24.8 Å². The van der Waals surface area contributed by atoms with Crippen LogP contribution in [-0.2, 0) is 24.5 Å². The third-order valence-electron chi connectivity index (χ3n) is 6.50. The number of hydrogen-bond donors (Lipinski definition) is 1. The Balaban J connectivity index is 1.47. The van der Waals surface area contributed by atoms with E-state index in [1.165, 1.54) is 0 Å². The zero-order valence-corrected chi connectivity index (χ0v) is 19.9. The molecule has 0 saturated heterocycles. The van der Waals surface area contributed by atoms with Crippen LogP contribution in [0.5, 0.6) is 5.75 Å². The lowest BCUT2D eigenvalue weighted by atomic mass is 9.89. The average Bonchev–Trinajstić information content (AvgIpc) is 3.43. The highest BCUT2D eigenvalue weighted by Crippen LogP contribution is 2.40. The molecular formula is C28H24N4O4. The first-order chi connectivity index (χ1) is 17.6. The van der Waals surface area contributed by atoms with Gasteiger partial charge < -0.3 is 14.0 Å². The van der Waals surface area contributed by atoms with Gasteiger partial charge in [-0.1, -0.05) is 47.6 Å². The summed E-state index contributed by atoms with van der Waals surface area (Å²) in [5, 5.41) is 3.93. The number of H-pyrrole nitrogens is 1. The SMILES string of the molecule is COCc1nc2ccccc2n1Cc1ccc2c(c1)COc1ccccc1/C2=C(/C)c1noc(=O)[nH]1. The monoisotopic (exact) mass is 480 g/mol. The van der Waals surface area contributed by atoms with Gasteiger partial charge in [-0.2, -0.15) is 0 Å². The highest BCUT2D eigenvalue weighted by molar-refractivity contribution is 5.99. The highest BCUT2D eigenvalue weighted by Gasteiger charge is 2.23. The number of benzene rings is 3. The van der Waals surface area contributed by atoms with Crippen molar-refractivity contribution in [2.24, 2.45) is 0 Å². The largest absolute Gasteiger partial charge is 0.488 e. The maximum absolute atomic E-state index is 11.7. The fourth-order valence-corrected chi connectivity index (χ4v) is 4.85. The molecule has 1 aliphatic heterocycles. The van der Waals surface area contributed by atoms with Crippen LogP contribution in [0.1, 0.15) is 40.8 Å². The van der Waals surface area contributed by atoms with Crippen LogP contribution in [0.3, 0.4) is 0 Å². The quantitative estimate of drug-likeness (QED) is 0.389. The molecule has 0 fully saturated rings. The number of imidazole rings is 1. The summed E-state index contributed by atoms with van der Waals surface area (Å²) in [7, 11) is 1.68. The molecule has 1 aliphatic rings. The van der Waals surface area contributed by atoms with E-state index in [-0.39, 0.29) is 0 Å². The van der Waals surface area contributed by atoms with Crippen LogP contribution in [0.15, 0.2) is 76.0 Å². The van der Waals surface area contributed by atoms with Gasteiger partial charge in [0.2, 0.25) is 0 Å². The van der Waals surface area contributed by atoms with Crippen LogP contribution in [0, 0.1) is 0 Å². The van der Waals surface area contributed by atoms with E-state index in [1.54, 1.807) is 7.11 Å². The molecule has 3 heterocycles. The topological polar surface area (TPSA) is 95.2 Å². The van der Waals surface area contributed by atoms with E-state index in [1.807, 2.05) is 49.4 Å². The summed E-state index contributed by atoms with van der Waals surface area (Å²) in [4.78, 5) is 19.1. The summed E-state index contributed by atoms with van der Waals surface area (Å²) in [5.74, 6) is 1.47. The molecule has 180 valence electrons. The first-order valence-corrected chi connectivity index (χ1v) is 11.7. The number of methoxy groups -OCH3 is 1. The van der Waals surface area contributed by atoms with Gasteiger partial charge >= 0.3 is 5.76 Å². The number of aromatic nitrogens is 4. The molecule has 3 aromatic carbocycles. The smallest absolute Gasteiger partial charge is 0.439 e. The lowest BCUT2D eigenvalue weighted by molar-refractivity contribution is 0.175. The Morgan fingerprint density at radius 1 is 1.08 bits per heavy atom. The van der Waals surface area contributed by atoms with Crippen LogP contribution in [0.25, 0.3) is 22.2 Å². The Morgan fingerprint density at radius 3 is 2.75 bits per heavy atom. The Hall–Kier alpha value is -4.43. The number of fused-ring (bicyclic) bond motifs is 3. The summed E-state index contributed by atoms with van der Waals surface area (Å²) in [5.41, 5.74) is 7.89. The van der Waals surface area contributed by atoms with Crippen LogP contribution in [0.4, 0.5) is 0 Å². The number of allylic oxidation sites excluding steroid dienone is 1. The molecule has 8 heteroatoms. The van der Waals surface area contributed by atoms with Crippen molar-refractivity contribution in [2.45, 2.75) is 26.7 Å². The molecule has 1 N–H and O–H groups in total. The van der Waals surface area contributed by atoms with Crippen LogP contribution < -0.4 is 10.5 Å². The molecular weight excluding hydrogens is 456 g/mol. The lowest BCUT2D eigenvalue weighted by Gasteiger charge is -2.15. The zero-order chi connectivity index (χ0) is 24.6. The van der Waals surface area contributed by atoms with E-state index in [2.05, 4.69) is 39.0 Å². The molecule has 0 radical (unpaired) electrons. The third-order valence-corrected chi connectivity index (χ3v) is 6.50. The minimum Gasteiger partial charge on any atom is -0.488 e. The molecule has 5 aromatic rings. The summed E-state index contributed by atoms with van der Waals surface area (Å²) in [6, 6.07) is 22.4. The molecule has 0 amide bonds. The second-order valence-electron chi connectivity index (χ2n) is 8.76. The molecule has 2 aromatic heterocycles. The van der Waals surface area contributed by atoms with Crippen LogP contribution >= 0.6 is 0 Å². The Labute approximate surface area is 206 Å². The van der Waals surface area contributed by atoms with Gasteiger partial charge in [-0.05, 0) is 53.5 Å². The fourth-order valence-electron chi connectivity index (χ4n) is 4.85. The van der Waals surface area contributed by atoms with E-state index in [0.717, 1.165) is 56.0 Å². The predicted octanol–water partition coefficient (Wildman–Crippen LogP) is 4.78. The maximum Gasteiger partial charge on any atom is 0.439 e. The first kappa shape index (κ1) is 22.1. The number of para-hydroxylation sites is 3. The van der Waals surface area contributed by atoms with Gasteiger partial charge in [-0.25, -0.2) is 9.78 Å². The summed E-state index contributed by atoms with van der Waals surface area (Å²) < 4.78 is 18.6. The predicted molar refractivity (Wildman–Crippen MR) is 135 cm³/mol. The molecule has 0 saturated carbocycles. The van der Waals surface area contributed by atoms with Crippen molar-refractivity contribution in [3.63, 3.8) is 0 Å². The van der Waals surface area contributed by atoms with E-state index in [0.29, 0.717) is 25.6 Å². The van der Waals surface area contributed by atoms with Crippen molar-refractivity contribution in [1.82, 2.24) is 19.7 Å². The van der Waals surface area contributed by atoms with Crippen molar-refractivity contribution in [3.8, 4) is 5.75 Å². The van der Waals surface area contributed by atoms with Crippen molar-refractivity contribution >= 4 is 22.2 Å². The Kier molecular flexibility index (Phi) is 5.50. The van der Waals surface area contributed by atoms with E-state index < -0.39 is 5.76 Å². The standard InChI is InChI=1S/C28H24N4O4/c1-17(27-30-28(33)36-31-27)26-20-12-11-18(13-19(20)15-35-24-10-6-3-7-21(24)26)14-32-23-9-5-4-8-22(23)29-25(32)16-34-2/h3-13H,14-16H2,1-2H3,(H,30,31,33)/b26-17-. The van der Waals surface area contributed by atoms with Crippen molar-refractivity contribution in [2.75, 3.05) is 7.11 Å². The molecule has 0 unspecified atom stereocenters. The minimum absolute atomic E-state index is 0.399. The first-order valence-electron chi connectivity index (χ1n) is 11.7. The fraction of sp³-hybridized carbons (Fsp3) is 0.179. The van der Waals surface area contributed by atoms with Gasteiger partial charge in [0.25, 0.3) is 0 Å². The molecule has 0 aliphatic carbocycles. The number of hydrogen-bond acceptors (Lipinski definition) is 6. The van der Waals surface area contributed by atoms with Crippen molar-refractivity contribution < 1.29 is 14.0 Å². The van der Waals surface area contributed by atoms with Gasteiger partial charge in [-0.3, -0.25) is 9.51 Å². The minimum atomic E-state index is -0.585. The van der Waals surface area contributed by atoms with Gasteiger partial charge in [0.15, 0.2) is 5.82 Å². The van der Waals surface area contributed by atoms with E-state index in [4.69, 9.17) is 19.0 Å².